The molecule has 1 aliphatic rings. The van der Waals surface area contributed by atoms with E-state index >= 15 is 0 Å². The lowest BCUT2D eigenvalue weighted by molar-refractivity contribution is -0.134. The first-order chi connectivity index (χ1) is 9.77. The molecule has 0 bridgehead atoms. The number of thiazole rings is 1. The van der Waals surface area contributed by atoms with Gasteiger partial charge in [-0.1, -0.05) is 11.3 Å². The Morgan fingerprint density at radius 2 is 2.05 bits per heavy atom. The predicted molar refractivity (Wildman–Crippen MR) is 75.3 cm³/mol. The van der Waals surface area contributed by atoms with E-state index in [0.717, 1.165) is 6.20 Å². The molecule has 0 radical (unpaired) electrons. The summed E-state index contributed by atoms with van der Waals surface area (Å²) in [6.45, 7) is 4.92. The minimum Gasteiger partial charge on any atom is -0.354 e. The minimum absolute atomic E-state index is 0.0276. The Balaban J connectivity index is 1.92. The number of nitrogens with one attached hydrogen (secondary N) is 1. The molecule has 1 aromatic heterocycles. The van der Waals surface area contributed by atoms with Crippen LogP contribution in [-0.2, 0) is 11.0 Å². The Bertz CT molecular complexity index is 493. The van der Waals surface area contributed by atoms with Crippen LogP contribution in [0.1, 0.15) is 31.6 Å². The van der Waals surface area contributed by atoms with Crippen LogP contribution in [0.3, 0.4) is 0 Å². The number of anilines is 1. The van der Waals surface area contributed by atoms with Crippen LogP contribution in [0.2, 0.25) is 0 Å². The van der Waals surface area contributed by atoms with Gasteiger partial charge in [0.1, 0.15) is 4.88 Å². The summed E-state index contributed by atoms with van der Waals surface area (Å²) in [6, 6.07) is 0.101. The van der Waals surface area contributed by atoms with Gasteiger partial charge in [0.2, 0.25) is 5.91 Å². The number of hydrogen-bond donors (Lipinski definition) is 1. The van der Waals surface area contributed by atoms with Crippen molar-refractivity contribution in [2.24, 2.45) is 5.92 Å². The lowest BCUT2D eigenvalue weighted by Crippen LogP contribution is -2.42. The quantitative estimate of drug-likeness (QED) is 0.931. The summed E-state index contributed by atoms with van der Waals surface area (Å²) in [5.41, 5.74) is 0. The molecule has 0 aliphatic carbocycles. The number of hydrogen-bond acceptors (Lipinski definition) is 4. The zero-order valence-corrected chi connectivity index (χ0v) is 12.7. The molecule has 0 saturated carbocycles. The molecule has 8 heteroatoms. The first-order valence-electron chi connectivity index (χ1n) is 6.85. The molecule has 1 fully saturated rings. The summed E-state index contributed by atoms with van der Waals surface area (Å²) < 4.78 is 37.7. The van der Waals surface area contributed by atoms with E-state index in [1.807, 2.05) is 18.7 Å². The molecule has 1 aliphatic heterocycles. The van der Waals surface area contributed by atoms with Crippen molar-refractivity contribution in [3.8, 4) is 0 Å². The summed E-state index contributed by atoms with van der Waals surface area (Å²) in [7, 11) is 0. The van der Waals surface area contributed by atoms with Crippen LogP contribution >= 0.6 is 11.3 Å². The average Bonchev–Trinajstić information content (AvgIpc) is 2.87. The maximum atomic E-state index is 12.6. The zero-order chi connectivity index (χ0) is 15.6. The van der Waals surface area contributed by atoms with Gasteiger partial charge in [-0.15, -0.1) is 0 Å². The topological polar surface area (TPSA) is 45.2 Å². The molecule has 1 aromatic rings. The number of rotatable bonds is 3. The Hall–Kier alpha value is -1.31. The smallest absolute Gasteiger partial charge is 0.354 e. The van der Waals surface area contributed by atoms with Gasteiger partial charge in [0.15, 0.2) is 5.13 Å². The lowest BCUT2D eigenvalue weighted by atomic mass is 9.96. The van der Waals surface area contributed by atoms with Gasteiger partial charge in [0.25, 0.3) is 0 Å². The third-order valence-electron chi connectivity index (χ3n) is 3.34. The third-order valence-corrected chi connectivity index (χ3v) is 4.44. The number of halogens is 3. The highest BCUT2D eigenvalue weighted by molar-refractivity contribution is 7.15. The molecule has 1 amide bonds. The van der Waals surface area contributed by atoms with Crippen LogP contribution in [0, 0.1) is 5.92 Å². The van der Waals surface area contributed by atoms with Gasteiger partial charge in [-0.25, -0.2) is 4.98 Å². The number of carbonyl (C=O) groups is 1. The van der Waals surface area contributed by atoms with Crippen molar-refractivity contribution >= 4 is 22.4 Å². The van der Waals surface area contributed by atoms with Crippen molar-refractivity contribution < 1.29 is 18.0 Å². The number of carbonyl (C=O) groups excluding carboxylic acids is 1. The van der Waals surface area contributed by atoms with Crippen LogP contribution < -0.4 is 10.2 Å². The van der Waals surface area contributed by atoms with Gasteiger partial charge in [-0.2, -0.15) is 13.2 Å². The molecule has 1 saturated heterocycles. The largest absolute Gasteiger partial charge is 0.427 e. The standard InChI is InChI=1S/C13H18F3N3OS/c1-8(2)18-11(20)9-3-5-19(6-4-9)12-17-7-10(21-12)13(14,15)16/h7-9H,3-6H2,1-2H3,(H,18,20). The highest BCUT2D eigenvalue weighted by atomic mass is 32.1. The van der Waals surface area contributed by atoms with Gasteiger partial charge in [0, 0.05) is 25.0 Å². The molecule has 0 spiro atoms. The fraction of sp³-hybridized carbons (Fsp3) is 0.692. The fourth-order valence-corrected chi connectivity index (χ4v) is 3.11. The van der Waals surface area contributed by atoms with Gasteiger partial charge in [0.05, 0.1) is 6.20 Å². The molecule has 0 aromatic carbocycles. The lowest BCUT2D eigenvalue weighted by Gasteiger charge is -2.31. The Kier molecular flexibility index (Phi) is 4.75. The zero-order valence-electron chi connectivity index (χ0n) is 11.9. The van der Waals surface area contributed by atoms with E-state index in [2.05, 4.69) is 10.3 Å². The normalized spacial score (nSPS) is 17.3. The molecule has 0 unspecified atom stereocenters. The second-order valence-electron chi connectivity index (χ2n) is 5.43. The van der Waals surface area contributed by atoms with E-state index < -0.39 is 11.1 Å². The number of nitrogens with zero attached hydrogens (tertiary/aromatic N) is 2. The summed E-state index contributed by atoms with van der Waals surface area (Å²) in [6.07, 6.45) is -2.19. The number of amides is 1. The van der Waals surface area contributed by atoms with Crippen LogP contribution in [0.5, 0.6) is 0 Å². The molecular weight excluding hydrogens is 303 g/mol. The molecule has 2 heterocycles. The Morgan fingerprint density at radius 3 is 2.52 bits per heavy atom. The number of aromatic nitrogens is 1. The third kappa shape index (κ3) is 4.09. The van der Waals surface area contributed by atoms with Crippen molar-refractivity contribution in [3.63, 3.8) is 0 Å². The van der Waals surface area contributed by atoms with Crippen LogP contribution in [0.4, 0.5) is 18.3 Å². The van der Waals surface area contributed by atoms with Gasteiger partial charge >= 0.3 is 6.18 Å². The molecule has 1 N–H and O–H groups in total. The van der Waals surface area contributed by atoms with E-state index in [0.29, 0.717) is 42.4 Å². The van der Waals surface area contributed by atoms with E-state index in [1.165, 1.54) is 0 Å². The summed E-state index contributed by atoms with van der Waals surface area (Å²) in [4.78, 5) is 16.9. The van der Waals surface area contributed by atoms with Crippen LogP contribution in [0.25, 0.3) is 0 Å². The SMILES string of the molecule is CC(C)NC(=O)C1CCN(c2ncc(C(F)(F)F)s2)CC1. The summed E-state index contributed by atoms with van der Waals surface area (Å²) in [5, 5.41) is 3.25. The highest BCUT2D eigenvalue weighted by Crippen LogP contribution is 2.37. The second-order valence-corrected chi connectivity index (χ2v) is 6.44. The molecule has 0 atom stereocenters. The monoisotopic (exact) mass is 321 g/mol. The van der Waals surface area contributed by atoms with Crippen molar-refractivity contribution in [3.05, 3.63) is 11.1 Å². The molecule has 2 rings (SSSR count). The molecular formula is C13H18F3N3OS. The summed E-state index contributed by atoms with van der Waals surface area (Å²) >= 11 is 0.656. The molecule has 21 heavy (non-hydrogen) atoms. The first kappa shape index (κ1) is 16.1. The Labute approximate surface area is 125 Å². The van der Waals surface area contributed by atoms with Crippen molar-refractivity contribution in [2.45, 2.75) is 38.9 Å². The van der Waals surface area contributed by atoms with Gasteiger partial charge < -0.3 is 10.2 Å². The molecule has 4 nitrogen and oxygen atoms in total. The fourth-order valence-electron chi connectivity index (χ4n) is 2.28. The van der Waals surface area contributed by atoms with Crippen molar-refractivity contribution in [2.75, 3.05) is 18.0 Å². The second kappa shape index (κ2) is 6.21. The summed E-state index contributed by atoms with van der Waals surface area (Å²) in [5.74, 6) is -0.0366. The van der Waals surface area contributed by atoms with E-state index in [1.54, 1.807) is 0 Å². The van der Waals surface area contributed by atoms with Crippen LogP contribution in [0.15, 0.2) is 6.20 Å². The van der Waals surface area contributed by atoms with Crippen LogP contribution in [-0.4, -0.2) is 30.0 Å². The maximum absolute atomic E-state index is 12.6. The minimum atomic E-state index is -4.34. The Morgan fingerprint density at radius 1 is 1.43 bits per heavy atom. The van der Waals surface area contributed by atoms with E-state index in [-0.39, 0.29) is 17.9 Å². The first-order valence-corrected chi connectivity index (χ1v) is 7.67. The highest BCUT2D eigenvalue weighted by Gasteiger charge is 2.34. The van der Waals surface area contributed by atoms with Crippen molar-refractivity contribution in [1.29, 1.82) is 0 Å². The van der Waals surface area contributed by atoms with Gasteiger partial charge in [-0.05, 0) is 26.7 Å². The number of piperidine rings is 1. The predicted octanol–water partition coefficient (Wildman–Crippen LogP) is 2.90. The van der Waals surface area contributed by atoms with E-state index in [4.69, 9.17) is 0 Å². The number of alkyl halides is 3. The van der Waals surface area contributed by atoms with E-state index in [9.17, 15) is 18.0 Å². The van der Waals surface area contributed by atoms with Crippen molar-refractivity contribution in [1.82, 2.24) is 10.3 Å². The molecule has 118 valence electrons. The van der Waals surface area contributed by atoms with Gasteiger partial charge in [-0.3, -0.25) is 4.79 Å². The average molecular weight is 321 g/mol. The maximum Gasteiger partial charge on any atom is 0.427 e.